The molecular weight excluding hydrogens is 405 g/mol. The van der Waals surface area contributed by atoms with Gasteiger partial charge in [0.25, 0.3) is 0 Å². The van der Waals surface area contributed by atoms with Crippen LogP contribution in [0.1, 0.15) is 44.6 Å². The van der Waals surface area contributed by atoms with Crippen LogP contribution in [0.25, 0.3) is 0 Å². The van der Waals surface area contributed by atoms with Crippen LogP contribution in [-0.4, -0.2) is 25.6 Å². The Kier molecular flexibility index (Phi) is 12.4. The van der Waals surface area contributed by atoms with Crippen molar-refractivity contribution in [1.29, 1.82) is 0 Å². The number of benzene rings is 1. The lowest BCUT2D eigenvalue weighted by Gasteiger charge is -2.07. The average molecular weight is 433 g/mol. The summed E-state index contributed by atoms with van der Waals surface area (Å²) in [7, 11) is 1.42. The highest BCUT2D eigenvalue weighted by molar-refractivity contribution is 14.0. The van der Waals surface area contributed by atoms with Crippen LogP contribution in [0.5, 0.6) is 0 Å². The monoisotopic (exact) mass is 433 g/mol. The van der Waals surface area contributed by atoms with E-state index in [2.05, 4.69) is 34.1 Å². The van der Waals surface area contributed by atoms with Gasteiger partial charge in [0, 0.05) is 18.7 Å². The number of carbonyl (C=O) groups is 1. The van der Waals surface area contributed by atoms with Crippen LogP contribution in [0.15, 0.2) is 29.3 Å². The van der Waals surface area contributed by atoms with E-state index in [9.17, 15) is 4.79 Å². The number of guanidine groups is 1. The minimum absolute atomic E-state index is 0. The zero-order valence-electron chi connectivity index (χ0n) is 14.0. The Balaban J connectivity index is 0.00000484. The highest BCUT2D eigenvalue weighted by Crippen LogP contribution is 2.10. The maximum atomic E-state index is 10.9. The molecule has 23 heavy (non-hydrogen) atoms. The summed E-state index contributed by atoms with van der Waals surface area (Å²) < 4.78 is 4.60. The summed E-state index contributed by atoms with van der Waals surface area (Å²) in [6.45, 7) is 2.82. The van der Waals surface area contributed by atoms with Gasteiger partial charge in [0.2, 0.25) is 0 Å². The third-order valence-electron chi connectivity index (χ3n) is 3.41. The fourth-order valence-corrected chi connectivity index (χ4v) is 2.09. The molecule has 1 aromatic carbocycles. The van der Waals surface area contributed by atoms with E-state index in [1.807, 2.05) is 12.1 Å². The second kappa shape index (κ2) is 13.2. The number of ether oxygens (including phenoxy) is 1. The lowest BCUT2D eigenvalue weighted by atomic mass is 10.1. The van der Waals surface area contributed by atoms with Gasteiger partial charge in [0.05, 0.1) is 7.11 Å². The Hall–Kier alpha value is -1.31. The van der Waals surface area contributed by atoms with Gasteiger partial charge in [-0.05, 0) is 37.0 Å². The van der Waals surface area contributed by atoms with Crippen LogP contribution in [-0.2, 0) is 16.0 Å². The molecule has 0 aliphatic rings. The van der Waals surface area contributed by atoms with Crippen molar-refractivity contribution in [2.24, 2.45) is 10.7 Å². The van der Waals surface area contributed by atoms with Crippen molar-refractivity contribution in [3.05, 3.63) is 29.8 Å². The summed E-state index contributed by atoms with van der Waals surface area (Å²) in [6.07, 6.45) is 5.39. The number of hydrogen-bond acceptors (Lipinski definition) is 3. The number of methoxy groups -OCH3 is 1. The van der Waals surface area contributed by atoms with Crippen molar-refractivity contribution in [3.63, 3.8) is 0 Å². The maximum absolute atomic E-state index is 10.9. The number of nitrogens with two attached hydrogens (primary N) is 1. The number of rotatable bonds is 9. The van der Waals surface area contributed by atoms with Crippen LogP contribution >= 0.6 is 24.0 Å². The molecule has 5 nitrogen and oxygen atoms in total. The first-order valence-corrected chi connectivity index (χ1v) is 7.88. The summed E-state index contributed by atoms with van der Waals surface area (Å²) in [5.74, 6) is 0.309. The number of unbranched alkanes of at least 4 members (excludes halogenated alkanes) is 3. The van der Waals surface area contributed by atoms with E-state index >= 15 is 0 Å². The normalized spacial score (nSPS) is 10.8. The summed E-state index contributed by atoms with van der Waals surface area (Å²) in [6, 6.07) is 8.16. The standard InChI is InChI=1S/C17H27N3O2.HI/c1-3-14-9-8-10-15(13-14)20-17(18)19-12-7-5-4-6-11-16(21)22-2;/h8-10,13H,3-7,11-12H2,1-2H3,(H3,18,19,20);1H. The number of nitrogens with one attached hydrogen (secondary N) is 1. The third-order valence-corrected chi connectivity index (χ3v) is 3.41. The molecule has 1 aromatic rings. The molecule has 0 fully saturated rings. The van der Waals surface area contributed by atoms with Crippen LogP contribution in [0.2, 0.25) is 0 Å². The van der Waals surface area contributed by atoms with Gasteiger partial charge in [0.15, 0.2) is 5.96 Å². The molecule has 0 saturated heterocycles. The van der Waals surface area contributed by atoms with Gasteiger partial charge in [-0.3, -0.25) is 9.79 Å². The molecule has 3 N–H and O–H groups in total. The number of halogens is 1. The van der Waals surface area contributed by atoms with Crippen LogP contribution in [0, 0.1) is 0 Å². The maximum Gasteiger partial charge on any atom is 0.305 e. The molecule has 0 aliphatic heterocycles. The zero-order valence-corrected chi connectivity index (χ0v) is 16.3. The summed E-state index contributed by atoms with van der Waals surface area (Å²) in [4.78, 5) is 15.3. The highest BCUT2D eigenvalue weighted by Gasteiger charge is 1.99. The molecule has 0 atom stereocenters. The lowest BCUT2D eigenvalue weighted by Crippen LogP contribution is -2.22. The average Bonchev–Trinajstić information content (AvgIpc) is 2.53. The topological polar surface area (TPSA) is 76.7 Å². The van der Waals surface area contributed by atoms with Crippen molar-refractivity contribution >= 4 is 41.6 Å². The van der Waals surface area contributed by atoms with Crippen molar-refractivity contribution in [2.75, 3.05) is 19.0 Å². The van der Waals surface area contributed by atoms with E-state index in [4.69, 9.17) is 5.73 Å². The summed E-state index contributed by atoms with van der Waals surface area (Å²) >= 11 is 0. The quantitative estimate of drug-likeness (QED) is 0.205. The Morgan fingerprint density at radius 3 is 2.70 bits per heavy atom. The number of hydrogen-bond donors (Lipinski definition) is 2. The number of anilines is 1. The molecule has 6 heteroatoms. The Morgan fingerprint density at radius 1 is 1.26 bits per heavy atom. The predicted octanol–water partition coefficient (Wildman–Crippen LogP) is 3.72. The van der Waals surface area contributed by atoms with E-state index in [0.29, 0.717) is 18.9 Å². The molecule has 0 radical (unpaired) electrons. The van der Waals surface area contributed by atoms with Gasteiger partial charge in [-0.1, -0.05) is 31.9 Å². The van der Waals surface area contributed by atoms with E-state index in [1.54, 1.807) is 0 Å². The SMILES string of the molecule is CCc1cccc(NC(N)=NCCCCCCC(=O)OC)c1.I. The molecule has 0 unspecified atom stereocenters. The van der Waals surface area contributed by atoms with Gasteiger partial charge in [-0.25, -0.2) is 0 Å². The molecule has 1 rings (SSSR count). The minimum atomic E-state index is -0.138. The largest absolute Gasteiger partial charge is 0.469 e. The molecule has 0 aromatic heterocycles. The van der Waals surface area contributed by atoms with Crippen molar-refractivity contribution < 1.29 is 9.53 Å². The molecule has 130 valence electrons. The number of aliphatic imine (C=N–C) groups is 1. The molecular formula is C17H28IN3O2. The van der Waals surface area contributed by atoms with Crippen LogP contribution < -0.4 is 11.1 Å². The first-order valence-electron chi connectivity index (χ1n) is 7.88. The van der Waals surface area contributed by atoms with E-state index < -0.39 is 0 Å². The van der Waals surface area contributed by atoms with Gasteiger partial charge in [0.1, 0.15) is 0 Å². The Morgan fingerprint density at radius 2 is 2.00 bits per heavy atom. The first kappa shape index (κ1) is 21.7. The van der Waals surface area contributed by atoms with E-state index in [0.717, 1.165) is 37.8 Å². The number of carbonyl (C=O) groups excluding carboxylic acids is 1. The van der Waals surface area contributed by atoms with Crippen molar-refractivity contribution in [1.82, 2.24) is 0 Å². The molecule has 0 bridgehead atoms. The molecule has 0 amide bonds. The van der Waals surface area contributed by atoms with Crippen molar-refractivity contribution in [3.8, 4) is 0 Å². The summed E-state index contributed by atoms with van der Waals surface area (Å²) in [5, 5.41) is 3.11. The van der Waals surface area contributed by atoms with Gasteiger partial charge in [-0.15, -0.1) is 24.0 Å². The molecule has 0 saturated carbocycles. The van der Waals surface area contributed by atoms with Crippen LogP contribution in [0.4, 0.5) is 5.69 Å². The number of aryl methyl sites for hydroxylation is 1. The van der Waals surface area contributed by atoms with E-state index in [-0.39, 0.29) is 29.9 Å². The predicted molar refractivity (Wildman–Crippen MR) is 106 cm³/mol. The third kappa shape index (κ3) is 10.1. The van der Waals surface area contributed by atoms with Crippen molar-refractivity contribution in [2.45, 2.75) is 45.4 Å². The van der Waals surface area contributed by atoms with Gasteiger partial charge in [-0.2, -0.15) is 0 Å². The zero-order chi connectivity index (χ0) is 16.2. The first-order chi connectivity index (χ1) is 10.7. The second-order valence-electron chi connectivity index (χ2n) is 5.19. The lowest BCUT2D eigenvalue weighted by molar-refractivity contribution is -0.140. The fraction of sp³-hybridized carbons (Fsp3) is 0.529. The second-order valence-corrected chi connectivity index (χ2v) is 5.19. The van der Waals surface area contributed by atoms with E-state index in [1.165, 1.54) is 12.7 Å². The van der Waals surface area contributed by atoms with Crippen LogP contribution in [0.3, 0.4) is 0 Å². The number of nitrogens with zero attached hydrogens (tertiary/aromatic N) is 1. The van der Waals surface area contributed by atoms with Gasteiger partial charge >= 0.3 is 5.97 Å². The Labute approximate surface area is 156 Å². The number of esters is 1. The minimum Gasteiger partial charge on any atom is -0.469 e. The molecule has 0 heterocycles. The Bertz CT molecular complexity index is 492. The molecule has 0 aliphatic carbocycles. The highest BCUT2D eigenvalue weighted by atomic mass is 127. The fourth-order valence-electron chi connectivity index (χ4n) is 2.09. The summed E-state index contributed by atoms with van der Waals surface area (Å²) in [5.41, 5.74) is 8.11. The smallest absolute Gasteiger partial charge is 0.305 e. The van der Waals surface area contributed by atoms with Gasteiger partial charge < -0.3 is 15.8 Å². The molecule has 0 spiro atoms.